The second-order valence-electron chi connectivity index (χ2n) is 5.15. The Bertz CT molecular complexity index is 1020. The van der Waals surface area contributed by atoms with Crippen molar-refractivity contribution in [2.75, 3.05) is 5.73 Å². The van der Waals surface area contributed by atoms with Gasteiger partial charge in [0.05, 0.1) is 10.6 Å². The third kappa shape index (κ3) is 2.39. The van der Waals surface area contributed by atoms with Crippen LogP contribution in [0.3, 0.4) is 0 Å². The summed E-state index contributed by atoms with van der Waals surface area (Å²) < 4.78 is 15.0. The van der Waals surface area contributed by atoms with Crippen molar-refractivity contribution in [1.29, 1.82) is 5.26 Å². The number of carbonyl (C=O) groups excluding carboxylic acids is 1. The molecule has 3 aromatic rings. The van der Waals surface area contributed by atoms with Crippen LogP contribution in [0.2, 0.25) is 5.02 Å². The highest BCUT2D eigenvalue weighted by molar-refractivity contribution is 6.35. The minimum absolute atomic E-state index is 0.00425. The van der Waals surface area contributed by atoms with Crippen LogP contribution in [0, 0.1) is 17.1 Å². The average molecular weight is 343 g/mol. The number of halogens is 2. The molecule has 24 heavy (non-hydrogen) atoms. The molecule has 0 saturated carbocycles. The van der Waals surface area contributed by atoms with Crippen molar-refractivity contribution in [3.63, 3.8) is 0 Å². The van der Waals surface area contributed by atoms with Crippen molar-refractivity contribution in [3.05, 3.63) is 57.9 Å². The molecule has 0 radical (unpaired) electrons. The average Bonchev–Trinajstić information content (AvgIpc) is 2.91. The smallest absolute Gasteiger partial charge is 0.196 e. The Hall–Kier alpha value is -2.91. The Kier molecular flexibility index (Phi) is 3.96. The molecule has 0 aliphatic heterocycles. The SMILES string of the molecule is CCn1nc2c(C#N)c(C(=O)c3cc(F)ccc3Cl)ccc2c1N. The van der Waals surface area contributed by atoms with Gasteiger partial charge in [-0.05, 0) is 37.3 Å². The van der Waals surface area contributed by atoms with Gasteiger partial charge in [0.25, 0.3) is 0 Å². The molecule has 0 unspecified atom stereocenters. The number of nitrogen functional groups attached to an aromatic ring is 1. The van der Waals surface area contributed by atoms with Crippen LogP contribution >= 0.6 is 11.6 Å². The maximum atomic E-state index is 13.5. The topological polar surface area (TPSA) is 84.7 Å². The first-order chi connectivity index (χ1) is 11.5. The quantitative estimate of drug-likeness (QED) is 0.738. The first-order valence-electron chi connectivity index (χ1n) is 7.16. The van der Waals surface area contributed by atoms with Crippen molar-refractivity contribution in [2.45, 2.75) is 13.5 Å². The predicted molar refractivity (Wildman–Crippen MR) is 89.4 cm³/mol. The summed E-state index contributed by atoms with van der Waals surface area (Å²) in [5, 5.41) is 14.5. The Morgan fingerprint density at radius 1 is 1.38 bits per heavy atom. The maximum Gasteiger partial charge on any atom is 0.196 e. The second-order valence-corrected chi connectivity index (χ2v) is 5.56. The lowest BCUT2D eigenvalue weighted by molar-refractivity contribution is 0.103. The lowest BCUT2D eigenvalue weighted by atomic mass is 9.97. The Morgan fingerprint density at radius 3 is 2.79 bits per heavy atom. The number of hydrogen-bond acceptors (Lipinski definition) is 4. The molecule has 0 bridgehead atoms. The van der Waals surface area contributed by atoms with Gasteiger partial charge in [-0.15, -0.1) is 0 Å². The van der Waals surface area contributed by atoms with E-state index in [1.54, 1.807) is 10.7 Å². The van der Waals surface area contributed by atoms with Crippen molar-refractivity contribution in [3.8, 4) is 6.07 Å². The molecule has 0 aliphatic rings. The highest BCUT2D eigenvalue weighted by atomic mass is 35.5. The lowest BCUT2D eigenvalue weighted by Crippen LogP contribution is -2.06. The molecular weight excluding hydrogens is 331 g/mol. The molecule has 120 valence electrons. The van der Waals surface area contributed by atoms with Gasteiger partial charge in [-0.1, -0.05) is 11.6 Å². The number of nitriles is 1. The van der Waals surface area contributed by atoms with Gasteiger partial charge in [0.2, 0.25) is 0 Å². The fraction of sp³-hybridized carbons (Fsp3) is 0.118. The van der Waals surface area contributed by atoms with Gasteiger partial charge in [0.1, 0.15) is 23.2 Å². The highest BCUT2D eigenvalue weighted by Crippen LogP contribution is 2.29. The zero-order valence-electron chi connectivity index (χ0n) is 12.7. The van der Waals surface area contributed by atoms with E-state index in [0.29, 0.717) is 23.3 Å². The summed E-state index contributed by atoms with van der Waals surface area (Å²) in [7, 11) is 0. The van der Waals surface area contributed by atoms with Gasteiger partial charge < -0.3 is 5.73 Å². The molecule has 1 heterocycles. The third-order valence-electron chi connectivity index (χ3n) is 3.78. The number of nitrogens with zero attached hydrogens (tertiary/aromatic N) is 3. The Labute approximate surface area is 142 Å². The summed E-state index contributed by atoms with van der Waals surface area (Å²) in [5.74, 6) is -0.698. The van der Waals surface area contributed by atoms with E-state index in [0.717, 1.165) is 12.1 Å². The summed E-state index contributed by atoms with van der Waals surface area (Å²) in [6, 6.07) is 8.64. The van der Waals surface area contributed by atoms with Gasteiger partial charge in [-0.2, -0.15) is 10.4 Å². The van der Waals surface area contributed by atoms with Crippen molar-refractivity contribution in [2.24, 2.45) is 0 Å². The first kappa shape index (κ1) is 16.0. The minimum Gasteiger partial charge on any atom is -0.383 e. The number of aromatic nitrogens is 2. The Balaban J connectivity index is 2.25. The zero-order chi connectivity index (χ0) is 17.4. The van der Waals surface area contributed by atoms with E-state index in [1.165, 1.54) is 12.1 Å². The molecule has 2 N–H and O–H groups in total. The van der Waals surface area contributed by atoms with Gasteiger partial charge >= 0.3 is 0 Å². The lowest BCUT2D eigenvalue weighted by Gasteiger charge is -2.06. The van der Waals surface area contributed by atoms with Crippen LogP contribution in [0.25, 0.3) is 10.9 Å². The zero-order valence-corrected chi connectivity index (χ0v) is 13.4. The Morgan fingerprint density at radius 2 is 2.12 bits per heavy atom. The second kappa shape index (κ2) is 5.95. The highest BCUT2D eigenvalue weighted by Gasteiger charge is 2.21. The predicted octanol–water partition coefficient (Wildman–Crippen LogP) is 3.53. The van der Waals surface area contributed by atoms with E-state index in [2.05, 4.69) is 5.10 Å². The first-order valence-corrected chi connectivity index (χ1v) is 7.54. The standard InChI is InChI=1S/C17H12ClFN4O/c1-2-23-17(21)11-5-4-10(13(8-20)15(11)22-23)16(24)12-7-9(19)3-6-14(12)18/h3-7H,2,21H2,1H3. The minimum atomic E-state index is -0.582. The molecule has 0 fully saturated rings. The van der Waals surface area contributed by atoms with Crippen LogP contribution in [0.5, 0.6) is 0 Å². The summed E-state index contributed by atoms with van der Waals surface area (Å²) in [5.41, 5.74) is 6.53. The van der Waals surface area contributed by atoms with E-state index in [9.17, 15) is 14.4 Å². The monoisotopic (exact) mass is 342 g/mol. The normalized spacial score (nSPS) is 10.8. The number of aryl methyl sites for hydroxylation is 1. The molecule has 0 atom stereocenters. The van der Waals surface area contributed by atoms with Gasteiger partial charge in [0.15, 0.2) is 5.78 Å². The molecular formula is C17H12ClFN4O. The van der Waals surface area contributed by atoms with E-state index < -0.39 is 11.6 Å². The van der Waals surface area contributed by atoms with Crippen LogP contribution in [-0.4, -0.2) is 15.6 Å². The molecule has 0 aliphatic carbocycles. The number of hydrogen-bond donors (Lipinski definition) is 1. The van der Waals surface area contributed by atoms with Crippen LogP contribution in [0.15, 0.2) is 30.3 Å². The summed E-state index contributed by atoms with van der Waals surface area (Å²) in [6.45, 7) is 2.40. The third-order valence-corrected chi connectivity index (χ3v) is 4.11. The summed E-state index contributed by atoms with van der Waals surface area (Å²) in [6.07, 6.45) is 0. The van der Waals surface area contributed by atoms with Gasteiger partial charge in [-0.3, -0.25) is 4.79 Å². The molecule has 3 rings (SSSR count). The van der Waals surface area contributed by atoms with Crippen LogP contribution < -0.4 is 5.73 Å². The number of nitrogens with two attached hydrogens (primary N) is 1. The molecule has 2 aromatic carbocycles. The van der Waals surface area contributed by atoms with Gasteiger partial charge in [-0.25, -0.2) is 9.07 Å². The fourth-order valence-corrected chi connectivity index (χ4v) is 2.78. The van der Waals surface area contributed by atoms with E-state index in [-0.39, 0.29) is 21.7 Å². The summed E-state index contributed by atoms with van der Waals surface area (Å²) >= 11 is 6.00. The van der Waals surface area contributed by atoms with E-state index in [4.69, 9.17) is 17.3 Å². The molecule has 0 saturated heterocycles. The molecule has 1 aromatic heterocycles. The van der Waals surface area contributed by atoms with Crippen molar-refractivity contribution < 1.29 is 9.18 Å². The fourth-order valence-electron chi connectivity index (χ4n) is 2.58. The van der Waals surface area contributed by atoms with Crippen LogP contribution in [0.1, 0.15) is 28.4 Å². The molecule has 5 nitrogen and oxygen atoms in total. The van der Waals surface area contributed by atoms with Crippen molar-refractivity contribution in [1.82, 2.24) is 9.78 Å². The van der Waals surface area contributed by atoms with E-state index >= 15 is 0 Å². The largest absolute Gasteiger partial charge is 0.383 e. The maximum absolute atomic E-state index is 13.5. The summed E-state index contributed by atoms with van der Waals surface area (Å²) in [4.78, 5) is 12.7. The number of anilines is 1. The molecule has 0 amide bonds. The number of carbonyl (C=O) groups is 1. The number of ketones is 1. The molecule has 7 heteroatoms. The number of fused-ring (bicyclic) bond motifs is 1. The number of benzene rings is 2. The van der Waals surface area contributed by atoms with Gasteiger partial charge in [0, 0.05) is 23.1 Å². The van der Waals surface area contributed by atoms with Crippen molar-refractivity contribution >= 4 is 34.1 Å². The molecule has 0 spiro atoms. The van der Waals surface area contributed by atoms with Crippen LogP contribution in [-0.2, 0) is 6.54 Å². The van der Waals surface area contributed by atoms with Crippen LogP contribution in [0.4, 0.5) is 10.2 Å². The van der Waals surface area contributed by atoms with E-state index in [1.807, 2.05) is 13.0 Å². The number of rotatable bonds is 3.